The first-order valence-electron chi connectivity index (χ1n) is 8.14. The van der Waals surface area contributed by atoms with Gasteiger partial charge in [-0.1, -0.05) is 52.0 Å². The number of nitrogens with one attached hydrogen (secondary N) is 1. The Morgan fingerprint density at radius 1 is 1.14 bits per heavy atom. The maximum Gasteiger partial charge on any atom is 0.223 e. The molecule has 118 valence electrons. The van der Waals surface area contributed by atoms with Crippen molar-refractivity contribution in [2.75, 3.05) is 7.05 Å². The van der Waals surface area contributed by atoms with Crippen molar-refractivity contribution >= 4 is 5.91 Å². The van der Waals surface area contributed by atoms with Crippen molar-refractivity contribution in [3.8, 4) is 5.75 Å². The summed E-state index contributed by atoms with van der Waals surface area (Å²) in [6.45, 7) is 4.49. The zero-order valence-corrected chi connectivity index (χ0v) is 13.6. The van der Waals surface area contributed by atoms with Crippen LogP contribution in [0.15, 0.2) is 18.2 Å². The summed E-state index contributed by atoms with van der Waals surface area (Å²) < 4.78 is 0. The molecule has 21 heavy (non-hydrogen) atoms. The summed E-state index contributed by atoms with van der Waals surface area (Å²) in [5.74, 6) is 0.402. The average molecular weight is 291 g/mol. The number of unbranched alkanes of at least 4 members (excludes halogenated alkanes) is 4. The van der Waals surface area contributed by atoms with E-state index < -0.39 is 0 Å². The number of carbonyl (C=O) groups excluding carboxylic acids is 1. The number of hydrogen-bond acceptors (Lipinski definition) is 2. The summed E-state index contributed by atoms with van der Waals surface area (Å²) >= 11 is 0. The fourth-order valence-electron chi connectivity index (χ4n) is 2.67. The van der Waals surface area contributed by atoms with Crippen LogP contribution in [0.1, 0.15) is 57.1 Å². The molecular formula is C18H29NO2. The normalized spacial score (nSPS) is 15.9. The first-order valence-corrected chi connectivity index (χ1v) is 8.14. The second-order valence-electron chi connectivity index (χ2n) is 5.73. The molecule has 0 aromatic heterocycles. The van der Waals surface area contributed by atoms with Gasteiger partial charge in [0.05, 0.1) is 0 Å². The van der Waals surface area contributed by atoms with E-state index in [9.17, 15) is 9.90 Å². The van der Waals surface area contributed by atoms with Crippen LogP contribution in [-0.2, 0) is 17.6 Å². The highest BCUT2D eigenvalue weighted by Crippen LogP contribution is 2.29. The highest BCUT2D eigenvalue weighted by molar-refractivity contribution is 5.80. The molecule has 0 saturated heterocycles. The van der Waals surface area contributed by atoms with Gasteiger partial charge in [0.2, 0.25) is 5.91 Å². The highest BCUT2D eigenvalue weighted by atomic mass is 16.3. The molecule has 0 spiro atoms. The van der Waals surface area contributed by atoms with Gasteiger partial charge in [0, 0.05) is 13.0 Å². The molecule has 2 rings (SSSR count). The van der Waals surface area contributed by atoms with E-state index in [2.05, 4.69) is 19.2 Å². The van der Waals surface area contributed by atoms with Crippen LogP contribution >= 0.6 is 0 Å². The van der Waals surface area contributed by atoms with E-state index in [1.54, 1.807) is 19.2 Å². The molecule has 1 atom stereocenters. The van der Waals surface area contributed by atoms with Gasteiger partial charge in [-0.15, -0.1) is 0 Å². The number of hydrogen-bond donors (Lipinski definition) is 2. The molecular weight excluding hydrogens is 262 g/mol. The molecule has 3 heteroatoms. The van der Waals surface area contributed by atoms with Crippen molar-refractivity contribution in [2.24, 2.45) is 5.92 Å². The third kappa shape index (κ3) is 5.78. The molecule has 0 fully saturated rings. The number of fused-ring (bicyclic) bond motifs is 1. The van der Waals surface area contributed by atoms with Crippen molar-refractivity contribution in [3.05, 3.63) is 29.3 Å². The molecule has 0 saturated carbocycles. The van der Waals surface area contributed by atoms with E-state index in [1.807, 2.05) is 6.07 Å². The van der Waals surface area contributed by atoms with E-state index in [0.29, 0.717) is 0 Å². The number of rotatable bonds is 5. The minimum Gasteiger partial charge on any atom is -0.508 e. The molecule has 1 aliphatic carbocycles. The van der Waals surface area contributed by atoms with E-state index in [0.717, 1.165) is 18.4 Å². The zero-order chi connectivity index (χ0) is 15.7. The Bertz CT molecular complexity index is 439. The van der Waals surface area contributed by atoms with Gasteiger partial charge in [-0.2, -0.15) is 0 Å². The maximum absolute atomic E-state index is 11.4. The minimum atomic E-state index is 0.0387. The summed E-state index contributed by atoms with van der Waals surface area (Å²) in [7, 11) is 1.66. The predicted molar refractivity (Wildman–Crippen MR) is 87.5 cm³/mol. The Labute approximate surface area is 128 Å². The SMILES string of the molecule is CCCCCCC.CNC(=O)C1Cc2ccc(O)cc2C1. The monoisotopic (exact) mass is 291 g/mol. The second-order valence-corrected chi connectivity index (χ2v) is 5.73. The molecule has 0 bridgehead atoms. The lowest BCUT2D eigenvalue weighted by atomic mass is 10.1. The van der Waals surface area contributed by atoms with Crippen LogP contribution in [0.2, 0.25) is 0 Å². The third-order valence-electron chi connectivity index (χ3n) is 3.95. The van der Waals surface area contributed by atoms with Crippen LogP contribution in [0.5, 0.6) is 5.75 Å². The summed E-state index contributed by atoms with van der Waals surface area (Å²) in [5.41, 5.74) is 2.27. The third-order valence-corrected chi connectivity index (χ3v) is 3.95. The van der Waals surface area contributed by atoms with E-state index in [-0.39, 0.29) is 17.6 Å². The standard InChI is InChI=1S/C11H13NO2.C7H16/c1-12-11(14)9-4-7-2-3-10(13)6-8(7)5-9;1-3-5-7-6-4-2/h2-3,6,9,13H,4-5H2,1H3,(H,12,14);3-7H2,1-2H3. The van der Waals surface area contributed by atoms with Crippen LogP contribution in [0, 0.1) is 5.92 Å². The molecule has 1 aromatic rings. The van der Waals surface area contributed by atoms with Gasteiger partial charge in [0.15, 0.2) is 0 Å². The Kier molecular flexibility index (Phi) is 7.88. The topological polar surface area (TPSA) is 49.3 Å². The molecule has 0 aliphatic heterocycles. The molecule has 0 heterocycles. The van der Waals surface area contributed by atoms with Crippen LogP contribution in [-0.4, -0.2) is 18.1 Å². The number of phenolic OH excluding ortho intramolecular Hbond substituents is 1. The Hall–Kier alpha value is -1.51. The fourth-order valence-corrected chi connectivity index (χ4v) is 2.67. The summed E-state index contributed by atoms with van der Waals surface area (Å²) in [4.78, 5) is 11.4. The number of amides is 1. The van der Waals surface area contributed by atoms with Crippen molar-refractivity contribution < 1.29 is 9.90 Å². The van der Waals surface area contributed by atoms with Gasteiger partial charge in [-0.3, -0.25) is 4.79 Å². The van der Waals surface area contributed by atoms with Gasteiger partial charge in [0.1, 0.15) is 5.75 Å². The second kappa shape index (κ2) is 9.43. The lowest BCUT2D eigenvalue weighted by molar-refractivity contribution is -0.124. The first-order chi connectivity index (χ1) is 10.1. The smallest absolute Gasteiger partial charge is 0.223 e. The molecule has 2 N–H and O–H groups in total. The molecule has 1 unspecified atom stereocenters. The summed E-state index contributed by atoms with van der Waals surface area (Å²) in [5, 5.41) is 11.9. The quantitative estimate of drug-likeness (QED) is 0.810. The minimum absolute atomic E-state index is 0.0387. The Morgan fingerprint density at radius 3 is 2.33 bits per heavy atom. The predicted octanol–water partition coefficient (Wildman–Crippen LogP) is 3.83. The summed E-state index contributed by atoms with van der Waals surface area (Å²) in [6.07, 6.45) is 8.54. The Balaban J connectivity index is 0.000000270. The van der Waals surface area contributed by atoms with Gasteiger partial charge in [0.25, 0.3) is 0 Å². The van der Waals surface area contributed by atoms with E-state index in [1.165, 1.54) is 37.7 Å². The van der Waals surface area contributed by atoms with Gasteiger partial charge in [-0.05, 0) is 36.1 Å². The number of benzene rings is 1. The van der Waals surface area contributed by atoms with E-state index >= 15 is 0 Å². The largest absolute Gasteiger partial charge is 0.508 e. The number of phenols is 1. The first kappa shape index (κ1) is 17.5. The summed E-state index contributed by atoms with van der Waals surface area (Å²) in [6, 6.07) is 5.32. The lowest BCUT2D eigenvalue weighted by Crippen LogP contribution is -2.27. The van der Waals surface area contributed by atoms with Crippen LogP contribution in [0.4, 0.5) is 0 Å². The van der Waals surface area contributed by atoms with Crippen molar-refractivity contribution in [2.45, 2.75) is 58.8 Å². The van der Waals surface area contributed by atoms with Crippen molar-refractivity contribution in [1.82, 2.24) is 5.32 Å². The Morgan fingerprint density at radius 2 is 1.76 bits per heavy atom. The molecule has 1 amide bonds. The maximum atomic E-state index is 11.4. The molecule has 1 aromatic carbocycles. The number of aromatic hydroxyl groups is 1. The highest BCUT2D eigenvalue weighted by Gasteiger charge is 2.26. The van der Waals surface area contributed by atoms with Gasteiger partial charge in [-0.25, -0.2) is 0 Å². The fraction of sp³-hybridized carbons (Fsp3) is 0.611. The van der Waals surface area contributed by atoms with E-state index in [4.69, 9.17) is 0 Å². The van der Waals surface area contributed by atoms with Crippen molar-refractivity contribution in [3.63, 3.8) is 0 Å². The van der Waals surface area contributed by atoms with Crippen LogP contribution < -0.4 is 5.32 Å². The zero-order valence-electron chi connectivity index (χ0n) is 13.6. The molecule has 0 radical (unpaired) electrons. The number of carbonyl (C=O) groups is 1. The van der Waals surface area contributed by atoms with Crippen molar-refractivity contribution in [1.29, 1.82) is 0 Å². The average Bonchev–Trinajstić information content (AvgIpc) is 2.90. The van der Waals surface area contributed by atoms with Crippen LogP contribution in [0.3, 0.4) is 0 Å². The lowest BCUT2D eigenvalue weighted by Gasteiger charge is -2.05. The van der Waals surface area contributed by atoms with Gasteiger partial charge >= 0.3 is 0 Å². The van der Waals surface area contributed by atoms with Crippen LogP contribution in [0.25, 0.3) is 0 Å². The van der Waals surface area contributed by atoms with Gasteiger partial charge < -0.3 is 10.4 Å². The molecule has 1 aliphatic rings. The molecule has 3 nitrogen and oxygen atoms in total.